The Labute approximate surface area is 140 Å². The molecule has 24 heavy (non-hydrogen) atoms. The molecule has 0 spiro atoms. The topological polar surface area (TPSA) is 68.2 Å². The van der Waals surface area contributed by atoms with Crippen LogP contribution < -0.4 is 11.5 Å². The van der Waals surface area contributed by atoms with Crippen LogP contribution in [-0.2, 0) is 6.42 Å². The molecule has 0 amide bonds. The number of benzene rings is 1. The molecule has 1 aromatic carbocycles. The number of hydrogen-bond acceptors (Lipinski definition) is 4. The highest BCUT2D eigenvalue weighted by Gasteiger charge is 2.25. The van der Waals surface area contributed by atoms with E-state index in [-0.39, 0.29) is 11.9 Å². The maximum Gasteiger partial charge on any atom is 0.155 e. The molecule has 2 atom stereocenters. The average Bonchev–Trinajstić information content (AvgIpc) is 2.54. The lowest BCUT2D eigenvalue weighted by atomic mass is 10.0. The Morgan fingerprint density at radius 1 is 1.25 bits per heavy atom. The van der Waals surface area contributed by atoms with Gasteiger partial charge >= 0.3 is 0 Å². The van der Waals surface area contributed by atoms with Crippen LogP contribution in [0.15, 0.2) is 36.4 Å². The van der Waals surface area contributed by atoms with E-state index in [0.717, 1.165) is 12.0 Å². The Balaban J connectivity index is 1.67. The second kappa shape index (κ2) is 7.23. The molecule has 4 nitrogen and oxygen atoms in total. The number of piperidine rings is 1. The molecule has 4 N–H and O–H groups in total. The van der Waals surface area contributed by atoms with E-state index < -0.39 is 6.30 Å². The van der Waals surface area contributed by atoms with Gasteiger partial charge in [-0.15, -0.1) is 0 Å². The number of halogens is 2. The number of alkyl halides is 1. The van der Waals surface area contributed by atoms with Crippen LogP contribution in [0.1, 0.15) is 18.4 Å². The van der Waals surface area contributed by atoms with E-state index in [0.29, 0.717) is 43.0 Å². The summed E-state index contributed by atoms with van der Waals surface area (Å²) < 4.78 is 28.3. The van der Waals surface area contributed by atoms with E-state index in [1.807, 2.05) is 6.07 Å². The minimum absolute atomic E-state index is 0.0567. The molecule has 0 aliphatic carbocycles. The van der Waals surface area contributed by atoms with Crippen molar-refractivity contribution in [3.63, 3.8) is 0 Å². The highest BCUT2D eigenvalue weighted by molar-refractivity contribution is 5.62. The van der Waals surface area contributed by atoms with Gasteiger partial charge in [-0.05, 0) is 42.7 Å². The number of nitrogens with two attached hydrogens (primary N) is 2. The van der Waals surface area contributed by atoms with E-state index in [1.165, 1.54) is 6.07 Å². The lowest BCUT2D eigenvalue weighted by Crippen LogP contribution is -2.45. The summed E-state index contributed by atoms with van der Waals surface area (Å²) in [4.78, 5) is 5.91. The van der Waals surface area contributed by atoms with Gasteiger partial charge in [-0.2, -0.15) is 0 Å². The van der Waals surface area contributed by atoms with Crippen molar-refractivity contribution in [1.82, 2.24) is 9.88 Å². The monoisotopic (exact) mass is 332 g/mol. The molecule has 2 unspecified atom stereocenters. The molecule has 128 valence electrons. The lowest BCUT2D eigenvalue weighted by molar-refractivity contribution is 0.0394. The SMILES string of the molecule is Nc1cccc(-c2ccc(CCN3CCC(N)CC3F)cc2F)n1. The summed E-state index contributed by atoms with van der Waals surface area (Å²) in [6.45, 7) is 1.21. The minimum atomic E-state index is -1.01. The van der Waals surface area contributed by atoms with Crippen molar-refractivity contribution in [2.45, 2.75) is 31.6 Å². The molecule has 3 rings (SSSR count). The van der Waals surface area contributed by atoms with Gasteiger partial charge in [0.1, 0.15) is 11.6 Å². The Bertz CT molecular complexity index is 707. The van der Waals surface area contributed by atoms with Gasteiger partial charge in [0.05, 0.1) is 5.69 Å². The zero-order valence-electron chi connectivity index (χ0n) is 13.5. The number of rotatable bonds is 4. The van der Waals surface area contributed by atoms with Gasteiger partial charge in [-0.25, -0.2) is 13.8 Å². The van der Waals surface area contributed by atoms with Crippen LogP contribution in [0, 0.1) is 5.82 Å². The number of hydrogen-bond donors (Lipinski definition) is 2. The molecule has 1 aliphatic rings. The highest BCUT2D eigenvalue weighted by Crippen LogP contribution is 2.23. The third-order valence-electron chi connectivity index (χ3n) is 4.45. The first kappa shape index (κ1) is 16.8. The van der Waals surface area contributed by atoms with Crippen molar-refractivity contribution >= 4 is 5.82 Å². The summed E-state index contributed by atoms with van der Waals surface area (Å²) in [6.07, 6.45) is 0.759. The number of anilines is 1. The molecule has 2 heterocycles. The molecule has 1 fully saturated rings. The first-order valence-electron chi connectivity index (χ1n) is 8.18. The van der Waals surface area contributed by atoms with Crippen LogP contribution in [0.3, 0.4) is 0 Å². The molecular weight excluding hydrogens is 310 g/mol. The number of nitrogens with zero attached hydrogens (tertiary/aromatic N) is 2. The Morgan fingerprint density at radius 2 is 2.08 bits per heavy atom. The predicted octanol–water partition coefficient (Wildman–Crippen LogP) is 2.73. The fourth-order valence-electron chi connectivity index (χ4n) is 3.04. The first-order chi connectivity index (χ1) is 11.5. The van der Waals surface area contributed by atoms with E-state index in [2.05, 4.69) is 4.98 Å². The largest absolute Gasteiger partial charge is 0.384 e. The van der Waals surface area contributed by atoms with Gasteiger partial charge in [-0.1, -0.05) is 12.1 Å². The predicted molar refractivity (Wildman–Crippen MR) is 91.4 cm³/mol. The summed E-state index contributed by atoms with van der Waals surface area (Å²) in [7, 11) is 0. The van der Waals surface area contributed by atoms with Crippen molar-refractivity contribution in [1.29, 1.82) is 0 Å². The van der Waals surface area contributed by atoms with Crippen LogP contribution in [0.5, 0.6) is 0 Å². The Morgan fingerprint density at radius 3 is 2.79 bits per heavy atom. The normalized spacial score (nSPS) is 21.8. The third-order valence-corrected chi connectivity index (χ3v) is 4.45. The number of nitrogen functional groups attached to an aromatic ring is 1. The number of pyridine rings is 1. The smallest absolute Gasteiger partial charge is 0.155 e. The molecule has 1 saturated heterocycles. The van der Waals surface area contributed by atoms with E-state index >= 15 is 0 Å². The fraction of sp³-hybridized carbons (Fsp3) is 0.389. The molecule has 1 aliphatic heterocycles. The van der Waals surface area contributed by atoms with Crippen molar-refractivity contribution in [2.24, 2.45) is 5.73 Å². The second-order valence-corrected chi connectivity index (χ2v) is 6.27. The van der Waals surface area contributed by atoms with Gasteiger partial charge in [0, 0.05) is 31.1 Å². The fourth-order valence-corrected chi connectivity index (χ4v) is 3.04. The average molecular weight is 332 g/mol. The molecular formula is C18H22F2N4. The van der Waals surface area contributed by atoms with E-state index in [9.17, 15) is 8.78 Å². The van der Waals surface area contributed by atoms with Crippen LogP contribution in [-0.4, -0.2) is 35.3 Å². The molecule has 6 heteroatoms. The number of likely N-dealkylation sites (tertiary alicyclic amines) is 1. The van der Waals surface area contributed by atoms with Crippen LogP contribution in [0.2, 0.25) is 0 Å². The second-order valence-electron chi connectivity index (χ2n) is 6.27. The van der Waals surface area contributed by atoms with Crippen molar-refractivity contribution < 1.29 is 8.78 Å². The molecule has 0 bridgehead atoms. The molecule has 1 aromatic heterocycles. The van der Waals surface area contributed by atoms with E-state index in [1.54, 1.807) is 29.2 Å². The highest BCUT2D eigenvalue weighted by atomic mass is 19.1. The van der Waals surface area contributed by atoms with Gasteiger partial charge in [0.2, 0.25) is 0 Å². The zero-order valence-corrected chi connectivity index (χ0v) is 13.5. The van der Waals surface area contributed by atoms with Gasteiger partial charge in [-0.3, -0.25) is 4.90 Å². The van der Waals surface area contributed by atoms with Crippen molar-refractivity contribution in [2.75, 3.05) is 18.8 Å². The van der Waals surface area contributed by atoms with Crippen LogP contribution in [0.25, 0.3) is 11.3 Å². The third kappa shape index (κ3) is 3.88. The van der Waals surface area contributed by atoms with Gasteiger partial charge < -0.3 is 11.5 Å². The van der Waals surface area contributed by atoms with Crippen molar-refractivity contribution in [3.8, 4) is 11.3 Å². The summed E-state index contributed by atoms with van der Waals surface area (Å²) in [5.74, 6) is 0.0105. The molecule has 2 aromatic rings. The maximum atomic E-state index is 14.4. The van der Waals surface area contributed by atoms with Crippen LogP contribution >= 0.6 is 0 Å². The molecule has 0 radical (unpaired) electrons. The van der Waals surface area contributed by atoms with Crippen molar-refractivity contribution in [3.05, 3.63) is 47.8 Å². The maximum absolute atomic E-state index is 14.4. The number of aromatic nitrogens is 1. The Hall–Kier alpha value is -2.05. The Kier molecular flexibility index (Phi) is 5.06. The summed E-state index contributed by atoms with van der Waals surface area (Å²) in [5.41, 5.74) is 13.2. The van der Waals surface area contributed by atoms with Crippen LogP contribution in [0.4, 0.5) is 14.6 Å². The molecule has 0 saturated carbocycles. The van der Waals surface area contributed by atoms with Gasteiger partial charge in [0.15, 0.2) is 6.30 Å². The van der Waals surface area contributed by atoms with Gasteiger partial charge in [0.25, 0.3) is 0 Å². The minimum Gasteiger partial charge on any atom is -0.384 e. The summed E-state index contributed by atoms with van der Waals surface area (Å²) >= 11 is 0. The van der Waals surface area contributed by atoms with E-state index in [4.69, 9.17) is 11.5 Å². The first-order valence-corrected chi connectivity index (χ1v) is 8.18. The lowest BCUT2D eigenvalue weighted by Gasteiger charge is -2.33. The standard InChI is InChI=1S/C18H22F2N4/c19-15-10-12(6-8-24-9-7-13(21)11-17(24)20)4-5-14(15)16-2-1-3-18(22)23-16/h1-5,10,13,17H,6-9,11,21H2,(H2,22,23). The zero-order chi connectivity index (χ0) is 17.1. The summed E-state index contributed by atoms with van der Waals surface area (Å²) in [5, 5.41) is 0. The summed E-state index contributed by atoms with van der Waals surface area (Å²) in [6, 6.07) is 10.1. The quantitative estimate of drug-likeness (QED) is 0.845.